The van der Waals surface area contributed by atoms with Crippen LogP contribution in [0.1, 0.15) is 49.1 Å². The lowest BCUT2D eigenvalue weighted by Gasteiger charge is -2.23. The lowest BCUT2D eigenvalue weighted by atomic mass is 10.1. The predicted molar refractivity (Wildman–Crippen MR) is 79.3 cm³/mol. The molecule has 0 N–H and O–H groups in total. The van der Waals surface area contributed by atoms with E-state index in [-0.39, 0.29) is 16.7 Å². The molecule has 1 aromatic heterocycles. The van der Waals surface area contributed by atoms with Crippen molar-refractivity contribution >= 4 is 5.69 Å². The number of benzene rings is 1. The van der Waals surface area contributed by atoms with E-state index in [9.17, 15) is 10.1 Å². The first-order valence-corrected chi connectivity index (χ1v) is 7.31. The van der Waals surface area contributed by atoms with Crippen molar-refractivity contribution in [3.63, 3.8) is 0 Å². The van der Waals surface area contributed by atoms with Crippen LogP contribution in [0.4, 0.5) is 5.69 Å². The Balaban J connectivity index is 1.68. The van der Waals surface area contributed by atoms with E-state index >= 15 is 0 Å². The molecule has 0 amide bonds. The Morgan fingerprint density at radius 2 is 2.23 bits per heavy atom. The van der Waals surface area contributed by atoms with E-state index < -0.39 is 0 Å². The van der Waals surface area contributed by atoms with Crippen molar-refractivity contribution in [2.45, 2.75) is 38.3 Å². The highest BCUT2D eigenvalue weighted by molar-refractivity contribution is 5.35. The fourth-order valence-corrected chi connectivity index (χ4v) is 2.33. The fourth-order valence-electron chi connectivity index (χ4n) is 2.33. The molecule has 22 heavy (non-hydrogen) atoms. The topological polar surface area (TPSA) is 85.3 Å². The number of nitrogens with zero attached hydrogens (tertiary/aromatic N) is 4. The summed E-state index contributed by atoms with van der Waals surface area (Å²) in [7, 11) is 1.94. The highest BCUT2D eigenvalue weighted by Gasteiger charge is 2.29. The van der Waals surface area contributed by atoms with Crippen LogP contribution in [-0.2, 0) is 6.54 Å². The third kappa shape index (κ3) is 3.14. The standard InChI is InChI=1S/C15H18N4O3/c1-10(12-4-3-5-13(8-12)19(20)21)18(2)9-14-16-17-15(22-14)11-6-7-11/h3-5,8,10-11H,6-7,9H2,1-2H3/t10-/m1/s1. The maximum atomic E-state index is 10.9. The van der Waals surface area contributed by atoms with Crippen molar-refractivity contribution in [1.29, 1.82) is 0 Å². The van der Waals surface area contributed by atoms with Gasteiger partial charge >= 0.3 is 0 Å². The van der Waals surface area contributed by atoms with E-state index in [2.05, 4.69) is 10.2 Å². The molecule has 0 unspecified atom stereocenters. The Bertz CT molecular complexity index is 681. The predicted octanol–water partition coefficient (Wildman–Crippen LogP) is 3.05. The van der Waals surface area contributed by atoms with Crippen molar-refractivity contribution in [1.82, 2.24) is 15.1 Å². The van der Waals surface area contributed by atoms with Gasteiger partial charge < -0.3 is 4.42 Å². The molecule has 0 spiro atoms. The molecule has 0 aliphatic heterocycles. The largest absolute Gasteiger partial charge is 0.424 e. The van der Waals surface area contributed by atoms with E-state index in [1.54, 1.807) is 12.1 Å². The summed E-state index contributed by atoms with van der Waals surface area (Å²) in [5, 5.41) is 19.0. The quantitative estimate of drug-likeness (QED) is 0.602. The average Bonchev–Trinajstić information content (AvgIpc) is 3.27. The highest BCUT2D eigenvalue weighted by Crippen LogP contribution is 2.39. The molecule has 1 atom stereocenters. The van der Waals surface area contributed by atoms with Crippen LogP contribution in [0.15, 0.2) is 28.7 Å². The number of nitro groups is 1. The molecule has 7 nitrogen and oxygen atoms in total. The van der Waals surface area contributed by atoms with Gasteiger partial charge in [-0.2, -0.15) is 0 Å². The second-order valence-electron chi connectivity index (χ2n) is 5.75. The van der Waals surface area contributed by atoms with Crippen LogP contribution >= 0.6 is 0 Å². The molecular formula is C15H18N4O3. The van der Waals surface area contributed by atoms with Gasteiger partial charge in [0.05, 0.1) is 11.5 Å². The van der Waals surface area contributed by atoms with Crippen molar-refractivity contribution in [3.05, 3.63) is 51.7 Å². The van der Waals surface area contributed by atoms with E-state index in [1.165, 1.54) is 6.07 Å². The summed E-state index contributed by atoms with van der Waals surface area (Å²) in [5.41, 5.74) is 0.991. The maximum absolute atomic E-state index is 10.9. The Hall–Kier alpha value is -2.28. The number of aromatic nitrogens is 2. The minimum atomic E-state index is -0.379. The van der Waals surface area contributed by atoms with Gasteiger partial charge in [0.25, 0.3) is 5.69 Å². The average molecular weight is 302 g/mol. The van der Waals surface area contributed by atoms with E-state index in [4.69, 9.17) is 4.42 Å². The molecule has 1 aromatic carbocycles. The number of rotatable bonds is 6. The highest BCUT2D eigenvalue weighted by atomic mass is 16.6. The van der Waals surface area contributed by atoms with Crippen molar-refractivity contribution < 1.29 is 9.34 Å². The summed E-state index contributed by atoms with van der Waals surface area (Å²) in [6.45, 7) is 2.51. The Kier molecular flexibility index (Phi) is 3.89. The summed E-state index contributed by atoms with van der Waals surface area (Å²) in [6.07, 6.45) is 2.25. The van der Waals surface area contributed by atoms with Gasteiger partial charge in [0, 0.05) is 24.1 Å². The number of nitro benzene ring substituents is 1. The number of hydrogen-bond donors (Lipinski definition) is 0. The molecule has 0 bridgehead atoms. The van der Waals surface area contributed by atoms with Crippen LogP contribution in [0.5, 0.6) is 0 Å². The van der Waals surface area contributed by atoms with Crippen molar-refractivity contribution in [2.24, 2.45) is 0 Å². The molecule has 1 fully saturated rings. The first-order chi connectivity index (χ1) is 10.5. The third-order valence-electron chi connectivity index (χ3n) is 4.02. The van der Waals surface area contributed by atoms with E-state index in [0.29, 0.717) is 18.4 Å². The molecule has 0 radical (unpaired) electrons. The second-order valence-corrected chi connectivity index (χ2v) is 5.75. The second kappa shape index (κ2) is 5.84. The zero-order chi connectivity index (χ0) is 15.7. The third-order valence-corrected chi connectivity index (χ3v) is 4.02. The number of non-ortho nitro benzene ring substituents is 1. The van der Waals surface area contributed by atoms with Crippen LogP contribution in [0.2, 0.25) is 0 Å². The molecule has 1 heterocycles. The molecular weight excluding hydrogens is 284 g/mol. The summed E-state index contributed by atoms with van der Waals surface area (Å²) >= 11 is 0. The smallest absolute Gasteiger partial charge is 0.269 e. The molecule has 2 aromatic rings. The number of hydrogen-bond acceptors (Lipinski definition) is 6. The van der Waals surface area contributed by atoms with Crippen LogP contribution < -0.4 is 0 Å². The van der Waals surface area contributed by atoms with Gasteiger partial charge in [-0.05, 0) is 32.4 Å². The zero-order valence-electron chi connectivity index (χ0n) is 12.6. The van der Waals surface area contributed by atoms with Crippen molar-refractivity contribution in [3.8, 4) is 0 Å². The normalized spacial score (nSPS) is 16.0. The fraction of sp³-hybridized carbons (Fsp3) is 0.467. The summed E-state index contributed by atoms with van der Waals surface area (Å²) < 4.78 is 5.65. The van der Waals surface area contributed by atoms with Gasteiger partial charge in [-0.3, -0.25) is 15.0 Å². The molecule has 7 heteroatoms. The van der Waals surface area contributed by atoms with E-state index in [1.807, 2.05) is 24.9 Å². The zero-order valence-corrected chi connectivity index (χ0v) is 12.6. The Morgan fingerprint density at radius 1 is 1.45 bits per heavy atom. The van der Waals surface area contributed by atoms with Gasteiger partial charge in [-0.15, -0.1) is 10.2 Å². The minimum absolute atomic E-state index is 0.0103. The van der Waals surface area contributed by atoms with Gasteiger partial charge in [0.15, 0.2) is 0 Å². The van der Waals surface area contributed by atoms with Crippen molar-refractivity contribution in [2.75, 3.05) is 7.05 Å². The van der Waals surface area contributed by atoms with Crippen LogP contribution in [0.25, 0.3) is 0 Å². The summed E-state index contributed by atoms with van der Waals surface area (Å²) in [6, 6.07) is 6.70. The lowest BCUT2D eigenvalue weighted by Crippen LogP contribution is -2.22. The summed E-state index contributed by atoms with van der Waals surface area (Å²) in [5.74, 6) is 1.76. The molecule has 0 saturated heterocycles. The molecule has 116 valence electrons. The first-order valence-electron chi connectivity index (χ1n) is 7.31. The Morgan fingerprint density at radius 3 is 2.91 bits per heavy atom. The molecule has 3 rings (SSSR count). The van der Waals surface area contributed by atoms with Crippen LogP contribution in [0, 0.1) is 10.1 Å². The monoisotopic (exact) mass is 302 g/mol. The SMILES string of the molecule is C[C@H](c1cccc([N+](=O)[O-])c1)N(C)Cc1nnc(C2CC2)o1. The molecule has 1 saturated carbocycles. The lowest BCUT2D eigenvalue weighted by molar-refractivity contribution is -0.384. The molecule has 1 aliphatic rings. The first kappa shape index (κ1) is 14.6. The van der Waals surface area contributed by atoms with Gasteiger partial charge in [0.1, 0.15) is 0 Å². The van der Waals surface area contributed by atoms with Gasteiger partial charge in [-0.25, -0.2) is 0 Å². The Labute approximate surface area is 128 Å². The summed E-state index contributed by atoms with van der Waals surface area (Å²) in [4.78, 5) is 12.5. The van der Waals surface area contributed by atoms with Crippen LogP contribution in [0.3, 0.4) is 0 Å². The van der Waals surface area contributed by atoms with Crippen LogP contribution in [-0.4, -0.2) is 27.1 Å². The van der Waals surface area contributed by atoms with Gasteiger partial charge in [0.2, 0.25) is 11.8 Å². The maximum Gasteiger partial charge on any atom is 0.269 e. The minimum Gasteiger partial charge on any atom is -0.424 e. The van der Waals surface area contributed by atoms with E-state index in [0.717, 1.165) is 24.3 Å². The van der Waals surface area contributed by atoms with Gasteiger partial charge in [-0.1, -0.05) is 12.1 Å². The molecule has 1 aliphatic carbocycles.